The summed E-state index contributed by atoms with van der Waals surface area (Å²) < 4.78 is 21.3. The first kappa shape index (κ1) is 48.5. The van der Waals surface area contributed by atoms with Crippen LogP contribution in [0.5, 0.6) is 11.5 Å². The van der Waals surface area contributed by atoms with Crippen molar-refractivity contribution in [2.75, 3.05) is 0 Å². The number of benzene rings is 4. The first-order chi connectivity index (χ1) is 32.0. The van der Waals surface area contributed by atoms with Crippen LogP contribution < -0.4 is 9.47 Å². The third-order valence-corrected chi connectivity index (χ3v) is 11.0. The summed E-state index contributed by atoms with van der Waals surface area (Å²) in [5.74, 6) is -5.01. The fourth-order valence-electron chi connectivity index (χ4n) is 7.05. The van der Waals surface area contributed by atoms with Gasteiger partial charge in [-0.15, -0.1) is 0 Å². The Kier molecular flexibility index (Phi) is 17.5. The van der Waals surface area contributed by atoms with Crippen LogP contribution in [-0.2, 0) is 19.2 Å². The van der Waals surface area contributed by atoms with Crippen LogP contribution in [0.25, 0.3) is 0 Å². The van der Waals surface area contributed by atoms with Crippen molar-refractivity contribution in [2.24, 2.45) is 0 Å². The number of unbranched alkanes of at least 4 members (excludes halogenated alkanes) is 8. The minimum absolute atomic E-state index is 0.201. The number of ether oxygens (including phenoxy) is 4. The number of carbonyl (C=O) groups is 8. The average molecular weight is 903 g/mol. The highest BCUT2D eigenvalue weighted by molar-refractivity contribution is 6.18. The Bertz CT molecular complexity index is 2270. The van der Waals surface area contributed by atoms with E-state index in [2.05, 4.69) is 13.8 Å². The molecule has 2 saturated carbocycles. The van der Waals surface area contributed by atoms with Gasteiger partial charge in [0.15, 0.2) is 23.1 Å². The summed E-state index contributed by atoms with van der Waals surface area (Å²) in [5, 5.41) is 0. The Morgan fingerprint density at radius 1 is 0.439 bits per heavy atom. The van der Waals surface area contributed by atoms with Crippen molar-refractivity contribution < 1.29 is 67.1 Å². The molecule has 2 aliphatic carbocycles. The molecule has 2 aliphatic rings. The highest BCUT2D eigenvalue weighted by atomic mass is 17.2. The van der Waals surface area contributed by atoms with Gasteiger partial charge in [-0.3, -0.25) is 19.2 Å². The summed E-state index contributed by atoms with van der Waals surface area (Å²) in [7, 11) is 0. The van der Waals surface area contributed by atoms with Crippen molar-refractivity contribution in [1.82, 2.24) is 0 Å². The normalized spacial score (nSPS) is 12.9. The molecule has 0 saturated heterocycles. The van der Waals surface area contributed by atoms with Gasteiger partial charge in [0.05, 0.1) is 22.3 Å². The van der Waals surface area contributed by atoms with Crippen molar-refractivity contribution >= 4 is 47.4 Å². The lowest BCUT2D eigenvalue weighted by atomic mass is 9.94. The second-order valence-electron chi connectivity index (χ2n) is 16.4. The van der Waals surface area contributed by atoms with E-state index in [0.29, 0.717) is 38.5 Å². The minimum atomic E-state index is -1.27. The maximum atomic E-state index is 14.3. The summed E-state index contributed by atoms with van der Waals surface area (Å²) in [5.41, 5.74) is -1.16. The van der Waals surface area contributed by atoms with Gasteiger partial charge in [-0.25, -0.2) is 29.0 Å². The molecule has 0 radical (unpaired) electrons. The minimum Gasteiger partial charge on any atom is -0.431 e. The summed E-state index contributed by atoms with van der Waals surface area (Å²) in [6.45, 7) is 4.19. The third-order valence-electron chi connectivity index (χ3n) is 11.0. The van der Waals surface area contributed by atoms with E-state index in [0.717, 1.165) is 51.4 Å². The molecule has 14 heteroatoms. The zero-order valence-corrected chi connectivity index (χ0v) is 37.3. The van der Waals surface area contributed by atoms with Gasteiger partial charge in [0.1, 0.15) is 23.7 Å². The van der Waals surface area contributed by atoms with Crippen molar-refractivity contribution in [1.29, 1.82) is 0 Å². The van der Waals surface area contributed by atoms with Gasteiger partial charge in [-0.05, 0) is 87.1 Å². The van der Waals surface area contributed by atoms with E-state index < -0.39 is 35.8 Å². The molecule has 0 unspecified atom stereocenters. The molecule has 4 aromatic rings. The molecule has 14 nitrogen and oxygen atoms in total. The van der Waals surface area contributed by atoms with Crippen LogP contribution in [0.1, 0.15) is 190 Å². The van der Waals surface area contributed by atoms with E-state index in [4.69, 9.17) is 28.7 Å². The van der Waals surface area contributed by atoms with E-state index in [1.807, 2.05) is 0 Å². The Balaban J connectivity index is 1.20. The van der Waals surface area contributed by atoms with Crippen molar-refractivity contribution in [3.8, 4) is 11.5 Å². The molecule has 0 amide bonds. The van der Waals surface area contributed by atoms with Gasteiger partial charge in [0.25, 0.3) is 0 Å². The Morgan fingerprint density at radius 2 is 0.803 bits per heavy atom. The zero-order valence-electron chi connectivity index (χ0n) is 37.3. The van der Waals surface area contributed by atoms with E-state index in [1.165, 1.54) is 84.9 Å². The van der Waals surface area contributed by atoms with Gasteiger partial charge in [0.2, 0.25) is 0 Å². The van der Waals surface area contributed by atoms with Crippen LogP contribution in [0, 0.1) is 0 Å². The summed E-state index contributed by atoms with van der Waals surface area (Å²) in [6, 6.07) is 19.1. The number of rotatable bonds is 24. The Labute approximate surface area is 383 Å². The predicted octanol–water partition coefficient (Wildman–Crippen LogP) is 11.5. The molecule has 346 valence electrons. The van der Waals surface area contributed by atoms with E-state index in [-0.39, 0.29) is 92.6 Å². The van der Waals surface area contributed by atoms with Crippen LogP contribution in [0.4, 0.5) is 9.59 Å². The summed E-state index contributed by atoms with van der Waals surface area (Å²) >= 11 is 0. The summed E-state index contributed by atoms with van der Waals surface area (Å²) in [6.07, 6.45) is 9.76. The second-order valence-corrected chi connectivity index (χ2v) is 16.4. The lowest BCUT2D eigenvalue weighted by molar-refractivity contribution is -0.187. The standard InChI is InChI=1S/C52H54O14/c1-3-5-7-9-11-21-43(53)33-23-29-45(63-51(59)61-35-25-26-35)41(31-33)47(55)37-17-13-15-19-39(37)49(57)65-66-50(58)40-20-16-14-18-38(40)48(56)42-32-34(44(54)22-12-10-8-6-4-2)24-30-46(42)64-52(60)62-36-27-28-36/h13-20,23-24,29-32,35-36H,3-12,21-22,25-28H2,1-2H3. The zero-order chi connectivity index (χ0) is 47.0. The van der Waals surface area contributed by atoms with E-state index in [1.54, 1.807) is 0 Å². The molecule has 0 heterocycles. The SMILES string of the molecule is CCCCCCCC(=O)c1ccc(OC(=O)OC2CC2)c(C(=O)c2ccccc2C(=O)OOC(=O)c2ccccc2C(=O)c2cc(C(=O)CCCCCCC)ccc2OC(=O)OC2CC2)c1. The number of hydrogen-bond donors (Lipinski definition) is 0. The topological polar surface area (TPSA) is 192 Å². The fraction of sp³-hybridized carbons (Fsp3) is 0.385. The highest BCUT2D eigenvalue weighted by Gasteiger charge is 2.31. The van der Waals surface area contributed by atoms with Crippen molar-refractivity contribution in [3.05, 3.63) is 129 Å². The second kappa shape index (κ2) is 23.8. The van der Waals surface area contributed by atoms with Crippen LogP contribution in [0.3, 0.4) is 0 Å². The molecular weight excluding hydrogens is 849 g/mol. The lowest BCUT2D eigenvalue weighted by Gasteiger charge is -2.14. The molecule has 0 bridgehead atoms. The molecular formula is C52H54O14. The van der Waals surface area contributed by atoms with E-state index in [9.17, 15) is 38.4 Å². The predicted molar refractivity (Wildman–Crippen MR) is 239 cm³/mol. The lowest BCUT2D eigenvalue weighted by Crippen LogP contribution is -2.19. The van der Waals surface area contributed by atoms with Gasteiger partial charge in [-0.1, -0.05) is 102 Å². The van der Waals surface area contributed by atoms with Crippen LogP contribution in [-0.4, -0.2) is 59.6 Å². The first-order valence-corrected chi connectivity index (χ1v) is 22.8. The van der Waals surface area contributed by atoms with Crippen molar-refractivity contribution in [3.63, 3.8) is 0 Å². The van der Waals surface area contributed by atoms with Gasteiger partial charge >= 0.3 is 24.2 Å². The van der Waals surface area contributed by atoms with Gasteiger partial charge in [-0.2, -0.15) is 0 Å². The molecule has 6 rings (SSSR count). The monoisotopic (exact) mass is 902 g/mol. The molecule has 0 aliphatic heterocycles. The molecule has 66 heavy (non-hydrogen) atoms. The Morgan fingerprint density at radius 3 is 1.17 bits per heavy atom. The van der Waals surface area contributed by atoms with E-state index >= 15 is 0 Å². The third kappa shape index (κ3) is 13.8. The van der Waals surface area contributed by atoms with Gasteiger partial charge < -0.3 is 18.9 Å². The smallest absolute Gasteiger partial charge is 0.431 e. The molecule has 0 spiro atoms. The first-order valence-electron chi connectivity index (χ1n) is 22.8. The van der Waals surface area contributed by atoms with Gasteiger partial charge in [0, 0.05) is 35.1 Å². The van der Waals surface area contributed by atoms with Crippen molar-refractivity contribution in [2.45, 2.75) is 129 Å². The summed E-state index contributed by atoms with van der Waals surface area (Å²) in [4.78, 5) is 117. The fourth-order valence-corrected chi connectivity index (χ4v) is 7.05. The largest absolute Gasteiger partial charge is 0.514 e. The van der Waals surface area contributed by atoms with Crippen LogP contribution in [0.2, 0.25) is 0 Å². The molecule has 4 aromatic carbocycles. The Hall–Kier alpha value is -6.96. The average Bonchev–Trinajstić information content (AvgIpc) is 4.28. The quantitative estimate of drug-likeness (QED) is 0.0161. The number of Topliss-reactive ketones (excluding diaryl/α,β-unsaturated/α-hetero) is 2. The molecule has 0 N–H and O–H groups in total. The number of hydrogen-bond acceptors (Lipinski definition) is 14. The van der Waals surface area contributed by atoms with Crippen LogP contribution in [0.15, 0.2) is 84.9 Å². The highest BCUT2D eigenvalue weighted by Crippen LogP contribution is 2.31. The maximum Gasteiger partial charge on any atom is 0.514 e. The maximum absolute atomic E-state index is 14.3. The molecule has 2 fully saturated rings. The molecule has 0 aromatic heterocycles. The number of carbonyl (C=O) groups excluding carboxylic acids is 8. The number of ketones is 4. The van der Waals surface area contributed by atoms with Crippen LogP contribution >= 0.6 is 0 Å². The molecule has 0 atom stereocenters.